The Balaban J connectivity index is 1.36. The number of piperazine rings is 1. The first kappa shape index (κ1) is 19.0. The van der Waals surface area contributed by atoms with Crippen molar-refractivity contribution in [2.75, 3.05) is 44.2 Å². The van der Waals surface area contributed by atoms with Crippen molar-refractivity contribution >= 4 is 34.8 Å². The van der Waals surface area contributed by atoms with E-state index in [4.69, 9.17) is 23.2 Å². The summed E-state index contributed by atoms with van der Waals surface area (Å²) in [5.41, 5.74) is 1.79. The molecule has 1 fully saturated rings. The molecule has 1 heterocycles. The van der Waals surface area contributed by atoms with Gasteiger partial charge in [-0.05, 0) is 43.3 Å². The largest absolute Gasteiger partial charge is 0.369 e. The molecule has 1 N–H and O–H groups in total. The van der Waals surface area contributed by atoms with E-state index in [2.05, 4.69) is 39.4 Å². The van der Waals surface area contributed by atoms with E-state index in [1.54, 1.807) is 18.2 Å². The van der Waals surface area contributed by atoms with Crippen LogP contribution in [0.1, 0.15) is 16.8 Å². The first-order valence-electron chi connectivity index (χ1n) is 8.88. The third-order valence-corrected chi connectivity index (χ3v) is 4.99. The lowest BCUT2D eigenvalue weighted by molar-refractivity contribution is 0.0951. The standard InChI is InChI=1S/C20H23Cl2N3O/c21-17-13-16(14-18(22)15-17)20(26)23-7-4-8-24-9-11-25(12-10-24)19-5-2-1-3-6-19/h1-3,5-6,13-15H,4,7-12H2,(H,23,26). The second kappa shape index (κ2) is 9.26. The van der Waals surface area contributed by atoms with E-state index < -0.39 is 0 Å². The van der Waals surface area contributed by atoms with Gasteiger partial charge in [-0.2, -0.15) is 0 Å². The summed E-state index contributed by atoms with van der Waals surface area (Å²) in [5.74, 6) is -0.136. The summed E-state index contributed by atoms with van der Waals surface area (Å²) >= 11 is 11.9. The summed E-state index contributed by atoms with van der Waals surface area (Å²) in [6.45, 7) is 5.80. The van der Waals surface area contributed by atoms with E-state index in [9.17, 15) is 4.79 Å². The molecule has 2 aromatic rings. The van der Waals surface area contributed by atoms with Crippen LogP contribution in [0.5, 0.6) is 0 Å². The van der Waals surface area contributed by atoms with Crippen LogP contribution in [0.25, 0.3) is 0 Å². The van der Waals surface area contributed by atoms with E-state index in [0.29, 0.717) is 22.2 Å². The highest BCUT2D eigenvalue weighted by Crippen LogP contribution is 2.19. The molecule has 6 heteroatoms. The minimum Gasteiger partial charge on any atom is -0.369 e. The van der Waals surface area contributed by atoms with Crippen LogP contribution in [-0.2, 0) is 0 Å². The predicted molar refractivity (Wildman–Crippen MR) is 109 cm³/mol. The molecule has 138 valence electrons. The van der Waals surface area contributed by atoms with Crippen LogP contribution >= 0.6 is 23.2 Å². The lowest BCUT2D eigenvalue weighted by Crippen LogP contribution is -2.47. The Morgan fingerprint density at radius 2 is 1.62 bits per heavy atom. The number of amides is 1. The average molecular weight is 392 g/mol. The molecule has 1 aliphatic rings. The minimum absolute atomic E-state index is 0.136. The molecule has 1 amide bonds. The second-order valence-electron chi connectivity index (χ2n) is 6.43. The third-order valence-electron chi connectivity index (χ3n) is 4.56. The van der Waals surface area contributed by atoms with Crippen LogP contribution in [0.2, 0.25) is 10.0 Å². The maximum absolute atomic E-state index is 12.2. The number of benzene rings is 2. The van der Waals surface area contributed by atoms with Gasteiger partial charge in [-0.25, -0.2) is 0 Å². The fourth-order valence-electron chi connectivity index (χ4n) is 3.16. The van der Waals surface area contributed by atoms with E-state index in [-0.39, 0.29) is 5.91 Å². The van der Waals surface area contributed by atoms with Crippen molar-refractivity contribution in [3.63, 3.8) is 0 Å². The smallest absolute Gasteiger partial charge is 0.251 e. The molecule has 0 saturated carbocycles. The van der Waals surface area contributed by atoms with Gasteiger partial charge < -0.3 is 10.2 Å². The Kier molecular flexibility index (Phi) is 6.78. The zero-order chi connectivity index (χ0) is 18.4. The number of nitrogens with one attached hydrogen (secondary N) is 1. The van der Waals surface area contributed by atoms with Crippen molar-refractivity contribution in [1.82, 2.24) is 10.2 Å². The highest BCUT2D eigenvalue weighted by atomic mass is 35.5. The first-order valence-corrected chi connectivity index (χ1v) is 9.64. The Morgan fingerprint density at radius 1 is 0.962 bits per heavy atom. The van der Waals surface area contributed by atoms with Gasteiger partial charge in [0.05, 0.1) is 0 Å². The molecule has 0 spiro atoms. The highest BCUT2D eigenvalue weighted by Gasteiger charge is 2.16. The van der Waals surface area contributed by atoms with Crippen LogP contribution < -0.4 is 10.2 Å². The molecule has 0 unspecified atom stereocenters. The summed E-state index contributed by atoms with van der Waals surface area (Å²) in [7, 11) is 0. The van der Waals surface area contributed by atoms with Gasteiger partial charge in [0.2, 0.25) is 0 Å². The summed E-state index contributed by atoms with van der Waals surface area (Å²) in [6, 6.07) is 15.4. The third kappa shape index (κ3) is 5.37. The minimum atomic E-state index is -0.136. The number of para-hydroxylation sites is 1. The predicted octanol–water partition coefficient (Wildman–Crippen LogP) is 3.94. The number of rotatable bonds is 6. The van der Waals surface area contributed by atoms with E-state index in [1.165, 1.54) is 5.69 Å². The Labute approximate surface area is 164 Å². The van der Waals surface area contributed by atoms with Gasteiger partial charge in [0.1, 0.15) is 0 Å². The summed E-state index contributed by atoms with van der Waals surface area (Å²) in [6.07, 6.45) is 0.922. The fourth-order valence-corrected chi connectivity index (χ4v) is 3.69. The van der Waals surface area contributed by atoms with Crippen molar-refractivity contribution in [2.24, 2.45) is 0 Å². The van der Waals surface area contributed by atoms with Crippen molar-refractivity contribution in [1.29, 1.82) is 0 Å². The maximum Gasteiger partial charge on any atom is 0.251 e. The van der Waals surface area contributed by atoms with E-state index in [1.807, 2.05) is 6.07 Å². The van der Waals surface area contributed by atoms with Gasteiger partial charge >= 0.3 is 0 Å². The molecule has 26 heavy (non-hydrogen) atoms. The number of nitrogens with zero attached hydrogens (tertiary/aromatic N) is 2. The zero-order valence-corrected chi connectivity index (χ0v) is 16.1. The van der Waals surface area contributed by atoms with Gasteiger partial charge in [-0.1, -0.05) is 41.4 Å². The number of anilines is 1. The van der Waals surface area contributed by atoms with Crippen LogP contribution in [-0.4, -0.2) is 50.1 Å². The lowest BCUT2D eigenvalue weighted by atomic mass is 10.2. The number of carbonyl (C=O) groups is 1. The molecule has 2 aromatic carbocycles. The van der Waals surface area contributed by atoms with Crippen LogP contribution in [0, 0.1) is 0 Å². The number of carbonyl (C=O) groups excluding carboxylic acids is 1. The van der Waals surface area contributed by atoms with Crippen molar-refractivity contribution in [3.05, 3.63) is 64.1 Å². The number of hydrogen-bond donors (Lipinski definition) is 1. The summed E-state index contributed by atoms with van der Waals surface area (Å²) in [4.78, 5) is 17.0. The van der Waals surface area contributed by atoms with Gasteiger partial charge in [-0.15, -0.1) is 0 Å². The Bertz CT molecular complexity index is 711. The molecule has 0 bridgehead atoms. The van der Waals surface area contributed by atoms with Gasteiger partial charge in [0.15, 0.2) is 0 Å². The van der Waals surface area contributed by atoms with Crippen molar-refractivity contribution in [3.8, 4) is 0 Å². The lowest BCUT2D eigenvalue weighted by Gasteiger charge is -2.36. The van der Waals surface area contributed by atoms with Crippen molar-refractivity contribution < 1.29 is 4.79 Å². The average Bonchev–Trinajstić information content (AvgIpc) is 2.65. The monoisotopic (exact) mass is 391 g/mol. The first-order chi connectivity index (χ1) is 12.6. The summed E-state index contributed by atoms with van der Waals surface area (Å²) < 4.78 is 0. The Morgan fingerprint density at radius 3 is 2.27 bits per heavy atom. The molecule has 0 aliphatic carbocycles. The second-order valence-corrected chi connectivity index (χ2v) is 7.30. The molecule has 1 aliphatic heterocycles. The molecule has 4 nitrogen and oxygen atoms in total. The molecule has 0 atom stereocenters. The van der Waals surface area contributed by atoms with Crippen molar-refractivity contribution in [2.45, 2.75) is 6.42 Å². The molecule has 0 radical (unpaired) electrons. The zero-order valence-electron chi connectivity index (χ0n) is 14.6. The number of hydrogen-bond acceptors (Lipinski definition) is 3. The van der Waals surface area contributed by atoms with E-state index in [0.717, 1.165) is 39.1 Å². The van der Waals surface area contributed by atoms with E-state index >= 15 is 0 Å². The number of halogens is 2. The van der Waals surface area contributed by atoms with Gasteiger partial charge in [0, 0.05) is 54.0 Å². The maximum atomic E-state index is 12.2. The molecule has 0 aromatic heterocycles. The molecule has 3 rings (SSSR count). The van der Waals surface area contributed by atoms with Crippen LogP contribution in [0.4, 0.5) is 5.69 Å². The van der Waals surface area contributed by atoms with Crippen LogP contribution in [0.3, 0.4) is 0 Å². The summed E-state index contributed by atoms with van der Waals surface area (Å²) in [5, 5.41) is 3.88. The fraction of sp³-hybridized carbons (Fsp3) is 0.350. The van der Waals surface area contributed by atoms with Crippen LogP contribution in [0.15, 0.2) is 48.5 Å². The topological polar surface area (TPSA) is 35.6 Å². The highest BCUT2D eigenvalue weighted by molar-refractivity contribution is 6.35. The quantitative estimate of drug-likeness (QED) is 0.757. The molecular weight excluding hydrogens is 369 g/mol. The molecular formula is C20H23Cl2N3O. The van der Waals surface area contributed by atoms with Gasteiger partial charge in [0.25, 0.3) is 5.91 Å². The van der Waals surface area contributed by atoms with Gasteiger partial charge in [-0.3, -0.25) is 9.69 Å². The molecule has 1 saturated heterocycles. The Hall–Kier alpha value is -1.75. The normalized spacial score (nSPS) is 15.1. The SMILES string of the molecule is O=C(NCCCN1CCN(c2ccccc2)CC1)c1cc(Cl)cc(Cl)c1.